The first-order valence-electron chi connectivity index (χ1n) is 3.14. The fourth-order valence-corrected chi connectivity index (χ4v) is 0.297. The molecule has 0 aromatic rings. The molecule has 0 bridgehead atoms. The topological polar surface area (TPSA) is 29.5 Å². The van der Waals surface area contributed by atoms with Gasteiger partial charge in [0.2, 0.25) is 0 Å². The largest absolute Gasteiger partial charge is 0.468 e. The molecule has 0 aromatic carbocycles. The SMILES string of the molecule is C=C(C)OC(=C)C.CCO. The van der Waals surface area contributed by atoms with Crippen molar-refractivity contribution in [1.29, 1.82) is 0 Å². The summed E-state index contributed by atoms with van der Waals surface area (Å²) in [6.45, 7) is 12.5. The van der Waals surface area contributed by atoms with Crippen molar-refractivity contribution in [3.05, 3.63) is 24.7 Å². The molecule has 0 rings (SSSR count). The molecule has 0 fully saturated rings. The monoisotopic (exact) mass is 144 g/mol. The quantitative estimate of drug-likeness (QED) is 0.601. The number of aliphatic hydroxyl groups excluding tert-OH is 1. The Morgan fingerprint density at radius 3 is 1.50 bits per heavy atom. The van der Waals surface area contributed by atoms with E-state index in [0.29, 0.717) is 11.5 Å². The molecule has 0 aliphatic heterocycles. The number of hydrogen-bond donors (Lipinski definition) is 1. The van der Waals surface area contributed by atoms with Crippen LogP contribution in [0.3, 0.4) is 0 Å². The molecule has 2 nitrogen and oxygen atoms in total. The zero-order valence-electron chi connectivity index (χ0n) is 6.98. The van der Waals surface area contributed by atoms with Crippen LogP contribution >= 0.6 is 0 Å². The van der Waals surface area contributed by atoms with Crippen LogP contribution in [0.15, 0.2) is 24.7 Å². The highest BCUT2D eigenvalue weighted by molar-refractivity contribution is 4.85. The summed E-state index contributed by atoms with van der Waals surface area (Å²) in [5, 5.41) is 7.57. The minimum absolute atomic E-state index is 0.250. The fraction of sp³-hybridized carbons (Fsp3) is 0.500. The molecule has 2 heteroatoms. The van der Waals surface area contributed by atoms with Crippen LogP contribution in [0.5, 0.6) is 0 Å². The summed E-state index contributed by atoms with van der Waals surface area (Å²) < 4.78 is 4.86. The van der Waals surface area contributed by atoms with E-state index < -0.39 is 0 Å². The Morgan fingerprint density at radius 1 is 1.30 bits per heavy atom. The lowest BCUT2D eigenvalue weighted by molar-refractivity contribution is 0.313. The van der Waals surface area contributed by atoms with E-state index in [9.17, 15) is 0 Å². The lowest BCUT2D eigenvalue weighted by atomic mass is 10.6. The fourth-order valence-electron chi connectivity index (χ4n) is 0.297. The van der Waals surface area contributed by atoms with Crippen LogP contribution in [-0.4, -0.2) is 11.7 Å². The predicted octanol–water partition coefficient (Wildman–Crippen LogP) is 2.07. The molecular weight excluding hydrogens is 128 g/mol. The number of rotatable bonds is 2. The maximum atomic E-state index is 7.57. The summed E-state index contributed by atoms with van der Waals surface area (Å²) in [5.41, 5.74) is 0. The molecule has 0 atom stereocenters. The number of aliphatic hydroxyl groups is 1. The van der Waals surface area contributed by atoms with Gasteiger partial charge in [0.1, 0.15) is 0 Å². The molecule has 0 aliphatic rings. The molecule has 1 N–H and O–H groups in total. The van der Waals surface area contributed by atoms with Gasteiger partial charge in [-0.3, -0.25) is 0 Å². The minimum atomic E-state index is 0.250. The number of allylic oxidation sites excluding steroid dienone is 2. The Morgan fingerprint density at radius 2 is 1.50 bits per heavy atom. The van der Waals surface area contributed by atoms with Gasteiger partial charge in [-0.1, -0.05) is 13.2 Å². The zero-order valence-corrected chi connectivity index (χ0v) is 6.98. The highest BCUT2D eigenvalue weighted by atomic mass is 16.5. The van der Waals surface area contributed by atoms with Gasteiger partial charge in [-0.15, -0.1) is 0 Å². The third-order valence-electron chi connectivity index (χ3n) is 0.348. The van der Waals surface area contributed by atoms with Gasteiger partial charge in [-0.05, 0) is 20.8 Å². The number of hydrogen-bond acceptors (Lipinski definition) is 2. The Bertz CT molecular complexity index is 93.8. The maximum Gasteiger partial charge on any atom is 0.0933 e. The Balaban J connectivity index is 0. The van der Waals surface area contributed by atoms with Crippen LogP contribution in [0.2, 0.25) is 0 Å². The van der Waals surface area contributed by atoms with Crippen molar-refractivity contribution in [2.45, 2.75) is 20.8 Å². The second-order valence-corrected chi connectivity index (χ2v) is 1.82. The summed E-state index contributed by atoms with van der Waals surface area (Å²) in [6, 6.07) is 0. The van der Waals surface area contributed by atoms with Gasteiger partial charge < -0.3 is 9.84 Å². The van der Waals surface area contributed by atoms with Gasteiger partial charge in [-0.25, -0.2) is 0 Å². The summed E-state index contributed by atoms with van der Waals surface area (Å²) >= 11 is 0. The zero-order chi connectivity index (χ0) is 8.57. The molecule has 0 radical (unpaired) electrons. The molecule has 0 amide bonds. The third kappa shape index (κ3) is 26.9. The molecule has 0 unspecified atom stereocenters. The van der Waals surface area contributed by atoms with Crippen molar-refractivity contribution in [2.24, 2.45) is 0 Å². The standard InChI is InChI=1S/C6H10O.C2H6O/c1-5(2)7-6(3)4;1-2-3/h1,3H2,2,4H3;3H,2H2,1H3. The minimum Gasteiger partial charge on any atom is -0.468 e. The van der Waals surface area contributed by atoms with E-state index in [1.54, 1.807) is 20.8 Å². The molecule has 60 valence electrons. The van der Waals surface area contributed by atoms with Crippen molar-refractivity contribution < 1.29 is 9.84 Å². The van der Waals surface area contributed by atoms with Gasteiger partial charge in [-0.2, -0.15) is 0 Å². The average molecular weight is 144 g/mol. The molecule has 0 heterocycles. The Hall–Kier alpha value is -0.760. The first-order valence-corrected chi connectivity index (χ1v) is 3.14. The summed E-state index contributed by atoms with van der Waals surface area (Å²) in [4.78, 5) is 0. The van der Waals surface area contributed by atoms with Crippen molar-refractivity contribution in [2.75, 3.05) is 6.61 Å². The van der Waals surface area contributed by atoms with Gasteiger partial charge >= 0.3 is 0 Å². The van der Waals surface area contributed by atoms with Crippen molar-refractivity contribution >= 4 is 0 Å². The normalized spacial score (nSPS) is 7.20. The third-order valence-corrected chi connectivity index (χ3v) is 0.348. The van der Waals surface area contributed by atoms with E-state index in [1.807, 2.05) is 0 Å². The maximum absolute atomic E-state index is 7.57. The van der Waals surface area contributed by atoms with Gasteiger partial charge in [0.25, 0.3) is 0 Å². The second-order valence-electron chi connectivity index (χ2n) is 1.82. The molecule has 0 spiro atoms. The molecule has 0 saturated carbocycles. The van der Waals surface area contributed by atoms with Crippen LogP contribution in [0, 0.1) is 0 Å². The average Bonchev–Trinajstić information content (AvgIpc) is 1.62. The van der Waals surface area contributed by atoms with E-state index >= 15 is 0 Å². The molecule has 0 saturated heterocycles. The van der Waals surface area contributed by atoms with Crippen LogP contribution in [0.1, 0.15) is 20.8 Å². The van der Waals surface area contributed by atoms with Crippen LogP contribution in [0.4, 0.5) is 0 Å². The molecule has 0 aromatic heterocycles. The predicted molar refractivity (Wildman–Crippen MR) is 43.5 cm³/mol. The van der Waals surface area contributed by atoms with Crippen LogP contribution in [0.25, 0.3) is 0 Å². The summed E-state index contributed by atoms with van der Waals surface area (Å²) in [6.07, 6.45) is 0. The first kappa shape index (κ1) is 12.0. The molecule has 10 heavy (non-hydrogen) atoms. The summed E-state index contributed by atoms with van der Waals surface area (Å²) in [7, 11) is 0. The number of ether oxygens (including phenoxy) is 1. The van der Waals surface area contributed by atoms with Crippen LogP contribution in [-0.2, 0) is 4.74 Å². The summed E-state index contributed by atoms with van der Waals surface area (Å²) in [5.74, 6) is 1.38. The van der Waals surface area contributed by atoms with Gasteiger partial charge in [0, 0.05) is 6.61 Å². The first-order chi connectivity index (χ1) is 4.54. The van der Waals surface area contributed by atoms with E-state index in [4.69, 9.17) is 9.84 Å². The molecule has 0 aliphatic carbocycles. The van der Waals surface area contributed by atoms with Crippen molar-refractivity contribution in [3.8, 4) is 0 Å². The lowest BCUT2D eigenvalue weighted by Crippen LogP contribution is -1.78. The second kappa shape index (κ2) is 8.24. The van der Waals surface area contributed by atoms with Gasteiger partial charge in [0.05, 0.1) is 11.5 Å². The Kier molecular flexibility index (Phi) is 9.86. The van der Waals surface area contributed by atoms with E-state index in [1.165, 1.54) is 0 Å². The Labute approximate surface area is 62.8 Å². The molecular formula is C8H16O2. The highest BCUT2D eigenvalue weighted by Crippen LogP contribution is 1.97. The van der Waals surface area contributed by atoms with Crippen LogP contribution < -0.4 is 0 Å². The van der Waals surface area contributed by atoms with Crippen molar-refractivity contribution in [1.82, 2.24) is 0 Å². The van der Waals surface area contributed by atoms with E-state index in [-0.39, 0.29) is 6.61 Å². The van der Waals surface area contributed by atoms with E-state index in [0.717, 1.165) is 0 Å². The van der Waals surface area contributed by atoms with E-state index in [2.05, 4.69) is 13.2 Å². The van der Waals surface area contributed by atoms with Crippen molar-refractivity contribution in [3.63, 3.8) is 0 Å². The smallest absolute Gasteiger partial charge is 0.0933 e. The lowest BCUT2D eigenvalue weighted by Gasteiger charge is -1.99. The highest BCUT2D eigenvalue weighted by Gasteiger charge is 1.80. The van der Waals surface area contributed by atoms with Gasteiger partial charge in [0.15, 0.2) is 0 Å².